The van der Waals surface area contributed by atoms with E-state index in [2.05, 4.69) is 21.9 Å². The van der Waals surface area contributed by atoms with Crippen molar-refractivity contribution in [2.75, 3.05) is 13.1 Å². The number of ether oxygens (including phenoxy) is 1. The second kappa shape index (κ2) is 8.26. The van der Waals surface area contributed by atoms with Crippen LogP contribution < -0.4 is 14.8 Å². The molecule has 0 aromatic heterocycles. The van der Waals surface area contributed by atoms with Gasteiger partial charge < -0.3 is 15.2 Å². The number of fused-ring (bicyclic) bond motifs is 1. The van der Waals surface area contributed by atoms with E-state index in [9.17, 15) is 13.9 Å². The molecular weight excluding hydrogens is 332 g/mol. The smallest absolute Gasteiger partial charge is 0.404 e. The van der Waals surface area contributed by atoms with Crippen molar-refractivity contribution in [2.24, 2.45) is 0 Å². The Balaban J connectivity index is 1.96. The van der Waals surface area contributed by atoms with Crippen LogP contribution in [0.25, 0.3) is 0 Å². The zero-order valence-corrected chi connectivity index (χ0v) is 14.2. The molecule has 24 heavy (non-hydrogen) atoms. The van der Waals surface area contributed by atoms with E-state index in [1.165, 1.54) is 0 Å². The minimum absolute atomic E-state index is 0.178. The summed E-state index contributed by atoms with van der Waals surface area (Å²) in [4.78, 5) is 10.6. The highest BCUT2D eigenvalue weighted by Gasteiger charge is 2.26. The number of hydrogen-bond acceptors (Lipinski definition) is 5. The molecule has 1 heterocycles. The molecule has 1 atom stereocenters. The molecule has 1 amide bonds. The maximum Gasteiger partial charge on any atom is 0.404 e. The lowest BCUT2D eigenvalue weighted by molar-refractivity contribution is 0.194. The SMILES string of the molecule is C[C@@H]1CNS(O)(O)c2ccc(C#CCCCCNC(=O)O)cc2O1. The monoisotopic (exact) mass is 354 g/mol. The molecular formula is C16H22N2O5S. The van der Waals surface area contributed by atoms with Gasteiger partial charge in [-0.3, -0.25) is 9.11 Å². The van der Waals surface area contributed by atoms with E-state index < -0.39 is 16.9 Å². The summed E-state index contributed by atoms with van der Waals surface area (Å²) in [6.45, 7) is 2.62. The summed E-state index contributed by atoms with van der Waals surface area (Å²) in [6, 6.07) is 5.07. The number of rotatable bonds is 4. The van der Waals surface area contributed by atoms with Crippen LogP contribution in [0.4, 0.5) is 4.79 Å². The first-order chi connectivity index (χ1) is 11.4. The van der Waals surface area contributed by atoms with Crippen LogP contribution in [0.2, 0.25) is 0 Å². The number of hydrogen-bond donors (Lipinski definition) is 5. The van der Waals surface area contributed by atoms with Gasteiger partial charge in [0.1, 0.15) is 16.7 Å². The average molecular weight is 354 g/mol. The molecule has 0 saturated heterocycles. The third-order valence-electron chi connectivity index (χ3n) is 3.39. The van der Waals surface area contributed by atoms with Crippen molar-refractivity contribution in [2.45, 2.75) is 37.2 Å². The van der Waals surface area contributed by atoms with Crippen LogP contribution in [0.5, 0.6) is 5.75 Å². The van der Waals surface area contributed by atoms with Crippen LogP contribution in [0.15, 0.2) is 23.1 Å². The van der Waals surface area contributed by atoms with Crippen LogP contribution in [-0.2, 0) is 0 Å². The van der Waals surface area contributed by atoms with Crippen molar-refractivity contribution in [3.8, 4) is 17.6 Å². The molecule has 2 rings (SSSR count). The summed E-state index contributed by atoms with van der Waals surface area (Å²) in [6.07, 6.45) is 1.00. The number of amides is 1. The second-order valence-electron chi connectivity index (χ2n) is 5.48. The number of carbonyl (C=O) groups is 1. The van der Waals surface area contributed by atoms with Crippen molar-refractivity contribution in [3.63, 3.8) is 0 Å². The van der Waals surface area contributed by atoms with E-state index in [1.54, 1.807) is 18.2 Å². The van der Waals surface area contributed by atoms with Gasteiger partial charge in [0.15, 0.2) is 0 Å². The number of benzene rings is 1. The summed E-state index contributed by atoms with van der Waals surface area (Å²) < 4.78 is 28.7. The molecule has 1 aliphatic rings. The van der Waals surface area contributed by atoms with Gasteiger partial charge >= 0.3 is 6.09 Å². The molecule has 0 saturated carbocycles. The molecule has 1 aromatic rings. The lowest BCUT2D eigenvalue weighted by Crippen LogP contribution is -2.27. The van der Waals surface area contributed by atoms with Crippen LogP contribution >= 0.6 is 10.8 Å². The Kier molecular flexibility index (Phi) is 6.34. The van der Waals surface area contributed by atoms with Crippen LogP contribution in [-0.4, -0.2) is 39.5 Å². The number of unbranched alkanes of at least 4 members (excludes halogenated alkanes) is 2. The van der Waals surface area contributed by atoms with E-state index >= 15 is 0 Å². The maximum absolute atomic E-state index is 10.3. The fraction of sp³-hybridized carbons (Fsp3) is 0.438. The van der Waals surface area contributed by atoms with Gasteiger partial charge in [0.25, 0.3) is 0 Å². The third-order valence-corrected chi connectivity index (χ3v) is 4.91. The molecule has 0 bridgehead atoms. The molecule has 1 aliphatic heterocycles. The predicted molar refractivity (Wildman–Crippen MR) is 92.4 cm³/mol. The van der Waals surface area contributed by atoms with Crippen LogP contribution in [0.3, 0.4) is 0 Å². The number of nitrogens with one attached hydrogen (secondary N) is 2. The van der Waals surface area contributed by atoms with Crippen LogP contribution in [0.1, 0.15) is 31.7 Å². The summed E-state index contributed by atoms with van der Waals surface area (Å²) in [5.74, 6) is 6.48. The van der Waals surface area contributed by atoms with Crippen molar-refractivity contribution >= 4 is 16.9 Å². The van der Waals surface area contributed by atoms with Gasteiger partial charge in [-0.15, -0.1) is 10.8 Å². The first kappa shape index (κ1) is 18.4. The van der Waals surface area contributed by atoms with Gasteiger partial charge in [-0.2, -0.15) is 0 Å². The third kappa shape index (κ3) is 5.32. The Labute approximate surface area is 142 Å². The van der Waals surface area contributed by atoms with Gasteiger partial charge in [0, 0.05) is 18.5 Å². The van der Waals surface area contributed by atoms with E-state index in [0.29, 0.717) is 30.2 Å². The standard InChI is InChI=1S/C16H22N2O5S/c1-12-11-18-24(21,22)15-8-7-13(10-14(15)23-12)6-4-2-3-5-9-17-16(19)20/h7-8,10,12,17-18,21-22H,2-3,5,9,11H2,1H3,(H,19,20)/t12-/m1/s1. The molecule has 8 heteroatoms. The largest absolute Gasteiger partial charge is 0.487 e. The molecule has 132 valence electrons. The molecule has 0 unspecified atom stereocenters. The summed E-state index contributed by atoms with van der Waals surface area (Å²) >= 11 is 0. The lowest BCUT2D eigenvalue weighted by Gasteiger charge is -2.31. The summed E-state index contributed by atoms with van der Waals surface area (Å²) in [7, 11) is -3.05. The normalized spacial score (nSPS) is 19.7. The molecule has 7 nitrogen and oxygen atoms in total. The molecule has 0 aliphatic carbocycles. The lowest BCUT2D eigenvalue weighted by atomic mass is 10.2. The van der Waals surface area contributed by atoms with Gasteiger partial charge in [-0.05, 0) is 38.0 Å². The summed E-state index contributed by atoms with van der Waals surface area (Å²) in [5, 5.41) is 10.8. The Hall–Kier alpha value is -1.92. The average Bonchev–Trinajstić information content (AvgIpc) is 2.62. The second-order valence-corrected chi connectivity index (χ2v) is 7.30. The topological polar surface area (TPSA) is 111 Å². The maximum atomic E-state index is 10.3. The predicted octanol–water partition coefficient (Wildman–Crippen LogP) is 2.87. The first-order valence-electron chi connectivity index (χ1n) is 7.68. The Bertz CT molecular complexity index is 654. The molecule has 0 spiro atoms. The molecule has 0 radical (unpaired) electrons. The molecule has 1 aromatic carbocycles. The van der Waals surface area contributed by atoms with E-state index in [-0.39, 0.29) is 6.10 Å². The Morgan fingerprint density at radius 1 is 1.46 bits per heavy atom. The highest BCUT2D eigenvalue weighted by Crippen LogP contribution is 2.50. The highest BCUT2D eigenvalue weighted by atomic mass is 32.3. The Morgan fingerprint density at radius 3 is 3.00 bits per heavy atom. The quantitative estimate of drug-likeness (QED) is 0.420. The highest BCUT2D eigenvalue weighted by molar-refractivity contribution is 8.22. The van der Waals surface area contributed by atoms with Crippen LogP contribution in [0, 0.1) is 11.8 Å². The molecule has 0 fully saturated rings. The fourth-order valence-corrected chi connectivity index (χ4v) is 3.45. The van der Waals surface area contributed by atoms with Gasteiger partial charge in [-0.25, -0.2) is 9.52 Å². The molecule has 5 N–H and O–H groups in total. The number of carboxylic acid groups (broad SMARTS) is 1. The van der Waals surface area contributed by atoms with Gasteiger partial charge in [0.2, 0.25) is 0 Å². The zero-order chi connectivity index (χ0) is 17.6. The van der Waals surface area contributed by atoms with E-state index in [4.69, 9.17) is 9.84 Å². The van der Waals surface area contributed by atoms with E-state index in [0.717, 1.165) is 18.4 Å². The van der Waals surface area contributed by atoms with Gasteiger partial charge in [-0.1, -0.05) is 11.8 Å². The fourth-order valence-electron chi connectivity index (χ4n) is 2.18. The minimum Gasteiger partial charge on any atom is -0.487 e. The Morgan fingerprint density at radius 2 is 2.25 bits per heavy atom. The van der Waals surface area contributed by atoms with Crippen molar-refractivity contribution < 1.29 is 23.7 Å². The van der Waals surface area contributed by atoms with Gasteiger partial charge in [0.05, 0.1) is 6.54 Å². The van der Waals surface area contributed by atoms with E-state index in [1.807, 2.05) is 6.92 Å². The zero-order valence-electron chi connectivity index (χ0n) is 13.4. The van der Waals surface area contributed by atoms with Crippen molar-refractivity contribution in [3.05, 3.63) is 23.8 Å². The van der Waals surface area contributed by atoms with Crippen molar-refractivity contribution in [1.29, 1.82) is 0 Å². The minimum atomic E-state index is -3.05. The first-order valence-corrected chi connectivity index (χ1v) is 9.22. The van der Waals surface area contributed by atoms with Crippen molar-refractivity contribution in [1.82, 2.24) is 10.0 Å². The summed E-state index contributed by atoms with van der Waals surface area (Å²) in [5.41, 5.74) is 0.738.